The summed E-state index contributed by atoms with van der Waals surface area (Å²) in [6.45, 7) is 1.32. The predicted octanol–water partition coefficient (Wildman–Crippen LogP) is 0.849. The van der Waals surface area contributed by atoms with Gasteiger partial charge in [-0.05, 0) is 12.1 Å². The highest BCUT2D eigenvalue weighted by atomic mass is 16.4. The second-order valence-corrected chi connectivity index (χ2v) is 2.22. The fraction of sp³-hybridized carbons (Fsp3) is 0.125. The van der Waals surface area contributed by atoms with Crippen molar-refractivity contribution >= 4 is 11.5 Å². The molecule has 0 aliphatic carbocycles. The van der Waals surface area contributed by atoms with Gasteiger partial charge in [-0.1, -0.05) is 11.2 Å². The molecule has 1 rings (SSSR count). The van der Waals surface area contributed by atoms with Crippen LogP contribution >= 0.6 is 0 Å². The van der Waals surface area contributed by atoms with Gasteiger partial charge in [0.05, 0.1) is 5.69 Å². The van der Waals surface area contributed by atoms with Crippen molar-refractivity contribution < 1.29 is 10.0 Å². The molecule has 0 fully saturated rings. The smallest absolute Gasteiger partial charge is 0.183 e. The lowest BCUT2D eigenvalue weighted by Gasteiger charge is -1.96. The summed E-state index contributed by atoms with van der Waals surface area (Å²) >= 11 is 0. The number of nitrogens with zero attached hydrogens (tertiary/aromatic N) is 2. The fourth-order valence-electron chi connectivity index (χ4n) is 0.805. The summed E-state index contributed by atoms with van der Waals surface area (Å²) in [5.74, 6) is -0.309. The molecule has 0 saturated heterocycles. The molecule has 0 saturated carbocycles. The predicted molar refractivity (Wildman–Crippen MR) is 43.2 cm³/mol. The number of oxime groups is 1. The van der Waals surface area contributed by atoms with E-state index in [4.69, 9.17) is 5.21 Å². The van der Waals surface area contributed by atoms with E-state index < -0.39 is 0 Å². The van der Waals surface area contributed by atoms with Gasteiger partial charge in [0.15, 0.2) is 11.5 Å². The minimum atomic E-state index is -0.309. The zero-order valence-electron chi connectivity index (χ0n) is 6.56. The first-order valence-electron chi connectivity index (χ1n) is 3.40. The van der Waals surface area contributed by atoms with E-state index in [0.29, 0.717) is 5.69 Å². The standard InChI is InChI=1S/C8H8N2O2/c1-6(11)8(10-12)7-4-2-3-5-9-7/h2-5,12H,1H3/b10-8+. The number of Topliss-reactive ketones (excluding diaryl/α,β-unsaturated/α-hetero) is 1. The van der Waals surface area contributed by atoms with Crippen LogP contribution in [0.5, 0.6) is 0 Å². The molecule has 0 radical (unpaired) electrons. The second kappa shape index (κ2) is 3.61. The SMILES string of the molecule is CC(=O)/C(=N\O)c1ccccn1. The van der Waals surface area contributed by atoms with E-state index in [1.165, 1.54) is 13.1 Å². The number of hydrogen-bond acceptors (Lipinski definition) is 4. The van der Waals surface area contributed by atoms with Crippen molar-refractivity contribution in [1.82, 2.24) is 4.98 Å². The van der Waals surface area contributed by atoms with Gasteiger partial charge in [0, 0.05) is 13.1 Å². The normalized spacial score (nSPS) is 11.2. The molecule has 4 heteroatoms. The van der Waals surface area contributed by atoms with E-state index in [2.05, 4.69) is 10.1 Å². The quantitative estimate of drug-likeness (QED) is 0.400. The Morgan fingerprint density at radius 3 is 2.75 bits per heavy atom. The van der Waals surface area contributed by atoms with E-state index in [0.717, 1.165) is 0 Å². The molecule has 0 unspecified atom stereocenters. The van der Waals surface area contributed by atoms with Crippen molar-refractivity contribution in [3.05, 3.63) is 30.1 Å². The summed E-state index contributed by atoms with van der Waals surface area (Å²) in [5.41, 5.74) is 0.364. The zero-order chi connectivity index (χ0) is 8.97. The molecule has 0 bridgehead atoms. The molecular formula is C8H8N2O2. The maximum Gasteiger partial charge on any atom is 0.183 e. The highest BCUT2D eigenvalue weighted by Gasteiger charge is 2.09. The molecule has 0 aliphatic rings. The minimum Gasteiger partial charge on any atom is -0.410 e. The van der Waals surface area contributed by atoms with E-state index in [-0.39, 0.29) is 11.5 Å². The van der Waals surface area contributed by atoms with E-state index in [9.17, 15) is 4.79 Å². The van der Waals surface area contributed by atoms with Crippen LogP contribution in [0.3, 0.4) is 0 Å². The summed E-state index contributed by atoms with van der Waals surface area (Å²) < 4.78 is 0. The molecule has 62 valence electrons. The van der Waals surface area contributed by atoms with Gasteiger partial charge < -0.3 is 5.21 Å². The molecule has 0 spiro atoms. The van der Waals surface area contributed by atoms with Crippen LogP contribution in [0.2, 0.25) is 0 Å². The molecule has 1 aromatic heterocycles. The average Bonchev–Trinajstić information content (AvgIpc) is 2.07. The van der Waals surface area contributed by atoms with Gasteiger partial charge in [0.1, 0.15) is 0 Å². The van der Waals surface area contributed by atoms with Crippen molar-refractivity contribution in [2.45, 2.75) is 6.92 Å². The van der Waals surface area contributed by atoms with Crippen LogP contribution in [0, 0.1) is 0 Å². The second-order valence-electron chi connectivity index (χ2n) is 2.22. The van der Waals surface area contributed by atoms with E-state index >= 15 is 0 Å². The van der Waals surface area contributed by atoms with Crippen molar-refractivity contribution in [2.24, 2.45) is 5.16 Å². The maximum atomic E-state index is 10.8. The zero-order valence-corrected chi connectivity index (χ0v) is 6.56. The van der Waals surface area contributed by atoms with Crippen LogP contribution in [0.1, 0.15) is 12.6 Å². The lowest BCUT2D eigenvalue weighted by molar-refractivity contribution is -0.111. The first-order chi connectivity index (χ1) is 5.75. The Hall–Kier alpha value is -1.71. The number of ketones is 1. The molecular weight excluding hydrogens is 156 g/mol. The molecule has 0 amide bonds. The number of carbonyl (C=O) groups is 1. The van der Waals surface area contributed by atoms with E-state index in [1.54, 1.807) is 18.2 Å². The number of rotatable bonds is 2. The summed E-state index contributed by atoms with van der Waals surface area (Å²) in [6, 6.07) is 5.05. The Bertz CT molecular complexity index is 306. The molecule has 1 N–H and O–H groups in total. The molecule has 0 atom stereocenters. The molecule has 1 aromatic rings. The molecule has 1 heterocycles. The van der Waals surface area contributed by atoms with Gasteiger partial charge in [-0.25, -0.2) is 0 Å². The Balaban J connectivity index is 3.05. The molecule has 0 aliphatic heterocycles. The van der Waals surface area contributed by atoms with Crippen molar-refractivity contribution in [3.8, 4) is 0 Å². The lowest BCUT2D eigenvalue weighted by Crippen LogP contribution is -2.12. The summed E-state index contributed by atoms with van der Waals surface area (Å²) in [7, 11) is 0. The van der Waals surface area contributed by atoms with Crippen molar-refractivity contribution in [1.29, 1.82) is 0 Å². The van der Waals surface area contributed by atoms with E-state index in [1.807, 2.05) is 0 Å². The van der Waals surface area contributed by atoms with Crippen LogP contribution in [-0.4, -0.2) is 21.7 Å². The van der Waals surface area contributed by atoms with Gasteiger partial charge in [0.25, 0.3) is 0 Å². The van der Waals surface area contributed by atoms with Crippen LogP contribution < -0.4 is 0 Å². The third-order valence-electron chi connectivity index (χ3n) is 1.34. The van der Waals surface area contributed by atoms with Crippen molar-refractivity contribution in [3.63, 3.8) is 0 Å². The summed E-state index contributed by atoms with van der Waals surface area (Å²) in [5, 5.41) is 11.3. The van der Waals surface area contributed by atoms with Crippen LogP contribution in [0.25, 0.3) is 0 Å². The lowest BCUT2D eigenvalue weighted by atomic mass is 10.2. The monoisotopic (exact) mass is 164 g/mol. The Kier molecular flexibility index (Phi) is 2.53. The Labute approximate surface area is 69.6 Å². The van der Waals surface area contributed by atoms with Gasteiger partial charge in [-0.15, -0.1) is 0 Å². The third kappa shape index (κ3) is 1.66. The minimum absolute atomic E-state index is 0.0180. The van der Waals surface area contributed by atoms with Gasteiger partial charge in [0.2, 0.25) is 0 Å². The highest BCUT2D eigenvalue weighted by molar-refractivity contribution is 6.44. The Morgan fingerprint density at radius 2 is 2.33 bits per heavy atom. The van der Waals surface area contributed by atoms with Crippen LogP contribution in [0.4, 0.5) is 0 Å². The summed E-state index contributed by atoms with van der Waals surface area (Å²) in [4.78, 5) is 14.7. The number of carbonyl (C=O) groups excluding carboxylic acids is 1. The van der Waals surface area contributed by atoms with Gasteiger partial charge in [-0.3, -0.25) is 9.78 Å². The number of pyridine rings is 1. The van der Waals surface area contributed by atoms with Crippen LogP contribution in [-0.2, 0) is 4.79 Å². The summed E-state index contributed by atoms with van der Waals surface area (Å²) in [6.07, 6.45) is 1.53. The first-order valence-corrected chi connectivity index (χ1v) is 3.40. The molecule has 4 nitrogen and oxygen atoms in total. The maximum absolute atomic E-state index is 10.8. The van der Waals surface area contributed by atoms with Gasteiger partial charge in [-0.2, -0.15) is 0 Å². The van der Waals surface area contributed by atoms with Gasteiger partial charge >= 0.3 is 0 Å². The third-order valence-corrected chi connectivity index (χ3v) is 1.34. The number of hydrogen-bond donors (Lipinski definition) is 1. The topological polar surface area (TPSA) is 62.5 Å². The molecule has 0 aromatic carbocycles. The fourth-order valence-corrected chi connectivity index (χ4v) is 0.805. The highest BCUT2D eigenvalue weighted by Crippen LogP contribution is 1.97. The first kappa shape index (κ1) is 8.39. The van der Waals surface area contributed by atoms with Crippen molar-refractivity contribution in [2.75, 3.05) is 0 Å². The Morgan fingerprint density at radius 1 is 1.58 bits per heavy atom. The average molecular weight is 164 g/mol. The van der Waals surface area contributed by atoms with Crippen LogP contribution in [0.15, 0.2) is 29.6 Å². The molecule has 12 heavy (non-hydrogen) atoms. The number of aromatic nitrogens is 1. The largest absolute Gasteiger partial charge is 0.410 e.